The Labute approximate surface area is 98.6 Å². The summed E-state index contributed by atoms with van der Waals surface area (Å²) in [5.74, 6) is 0. The number of rotatable bonds is 4. The first-order valence-electron chi connectivity index (χ1n) is 5.87. The fourth-order valence-electron chi connectivity index (χ4n) is 1.92. The maximum Gasteiger partial charge on any atom is 0.104 e. The van der Waals surface area contributed by atoms with Gasteiger partial charge in [0.05, 0.1) is 18.3 Å². The third-order valence-corrected chi connectivity index (χ3v) is 3.23. The highest BCUT2D eigenvalue weighted by Crippen LogP contribution is 2.18. The highest BCUT2D eigenvalue weighted by Gasteiger charge is 2.29. The summed E-state index contributed by atoms with van der Waals surface area (Å²) in [7, 11) is 1.84. The van der Waals surface area contributed by atoms with Gasteiger partial charge in [0, 0.05) is 19.6 Å². The van der Waals surface area contributed by atoms with E-state index in [0.717, 1.165) is 32.7 Å². The Morgan fingerprint density at radius 1 is 1.56 bits per heavy atom. The largest absolute Gasteiger partial charge is 0.373 e. The Hall–Kier alpha value is -0.630. The van der Waals surface area contributed by atoms with Crippen molar-refractivity contribution in [1.29, 1.82) is 5.26 Å². The number of nitrogens with one attached hydrogen (secondary N) is 1. The molecule has 0 aromatic carbocycles. The van der Waals surface area contributed by atoms with E-state index in [0.29, 0.717) is 0 Å². The van der Waals surface area contributed by atoms with Crippen molar-refractivity contribution in [2.75, 3.05) is 33.3 Å². The number of nitriles is 1. The molecule has 4 heteroatoms. The normalized spacial score (nSPS) is 24.7. The summed E-state index contributed by atoms with van der Waals surface area (Å²) in [4.78, 5) is 2.37. The molecule has 0 aromatic rings. The predicted octanol–water partition coefficient (Wildman–Crippen LogP) is 0.989. The molecule has 1 aliphatic heterocycles. The van der Waals surface area contributed by atoms with Gasteiger partial charge in [-0.3, -0.25) is 4.90 Å². The first kappa shape index (κ1) is 13.4. The van der Waals surface area contributed by atoms with E-state index in [-0.39, 0.29) is 5.60 Å². The molecule has 92 valence electrons. The Bertz CT molecular complexity index is 272. The quantitative estimate of drug-likeness (QED) is 0.775. The zero-order chi connectivity index (χ0) is 12.2. The van der Waals surface area contributed by atoms with Crippen LogP contribution in [0.15, 0.2) is 0 Å². The first-order valence-corrected chi connectivity index (χ1v) is 5.87. The minimum absolute atomic E-state index is 0.0546. The highest BCUT2D eigenvalue weighted by atomic mass is 16.5. The van der Waals surface area contributed by atoms with Crippen LogP contribution in [0, 0.1) is 11.3 Å². The lowest BCUT2D eigenvalue weighted by atomic mass is 9.99. The van der Waals surface area contributed by atoms with Gasteiger partial charge in [0.1, 0.15) is 5.54 Å². The van der Waals surface area contributed by atoms with Gasteiger partial charge in [-0.2, -0.15) is 5.26 Å². The molecule has 1 fully saturated rings. The number of ether oxygens (including phenoxy) is 1. The zero-order valence-corrected chi connectivity index (χ0v) is 10.8. The molecule has 0 amide bonds. The Kier molecular flexibility index (Phi) is 4.31. The van der Waals surface area contributed by atoms with Crippen LogP contribution >= 0.6 is 0 Å². The molecule has 16 heavy (non-hydrogen) atoms. The molecule has 0 spiro atoms. The zero-order valence-electron chi connectivity index (χ0n) is 10.8. The van der Waals surface area contributed by atoms with Crippen molar-refractivity contribution in [2.24, 2.45) is 0 Å². The van der Waals surface area contributed by atoms with Crippen LogP contribution < -0.4 is 5.32 Å². The molecule has 0 aliphatic carbocycles. The van der Waals surface area contributed by atoms with E-state index in [2.05, 4.69) is 30.1 Å². The van der Waals surface area contributed by atoms with Crippen molar-refractivity contribution >= 4 is 0 Å². The molecule has 0 aromatic heterocycles. The molecule has 4 nitrogen and oxygen atoms in total. The molecule has 1 N–H and O–H groups in total. The fraction of sp³-hybridized carbons (Fsp3) is 0.917. The van der Waals surface area contributed by atoms with Crippen molar-refractivity contribution in [2.45, 2.75) is 38.3 Å². The third-order valence-electron chi connectivity index (χ3n) is 3.23. The van der Waals surface area contributed by atoms with Crippen molar-refractivity contribution in [1.82, 2.24) is 10.2 Å². The van der Waals surface area contributed by atoms with Crippen molar-refractivity contribution in [3.63, 3.8) is 0 Å². The SMILES string of the molecule is CNC(C)(C#N)CCN1CCOC(C)(C)C1. The molecule has 1 heterocycles. The topological polar surface area (TPSA) is 48.3 Å². The third kappa shape index (κ3) is 3.75. The van der Waals surface area contributed by atoms with Crippen molar-refractivity contribution < 1.29 is 4.74 Å². The first-order chi connectivity index (χ1) is 7.41. The monoisotopic (exact) mass is 225 g/mol. The highest BCUT2D eigenvalue weighted by molar-refractivity contribution is 5.03. The van der Waals surface area contributed by atoms with Crippen LogP contribution in [-0.2, 0) is 4.74 Å². The van der Waals surface area contributed by atoms with Crippen LogP contribution in [0.4, 0.5) is 0 Å². The van der Waals surface area contributed by atoms with Crippen LogP contribution in [0.3, 0.4) is 0 Å². The second-order valence-corrected chi connectivity index (χ2v) is 5.33. The van der Waals surface area contributed by atoms with E-state index < -0.39 is 5.54 Å². The van der Waals surface area contributed by atoms with E-state index in [1.54, 1.807) is 0 Å². The average Bonchev–Trinajstić information content (AvgIpc) is 2.25. The van der Waals surface area contributed by atoms with Crippen LogP contribution in [0.5, 0.6) is 0 Å². The molecule has 1 atom stereocenters. The van der Waals surface area contributed by atoms with Gasteiger partial charge >= 0.3 is 0 Å². The lowest BCUT2D eigenvalue weighted by Crippen LogP contribution is -2.50. The summed E-state index contributed by atoms with van der Waals surface area (Å²) in [6.07, 6.45) is 0.843. The molecule has 0 bridgehead atoms. The summed E-state index contributed by atoms with van der Waals surface area (Å²) in [6, 6.07) is 2.32. The smallest absolute Gasteiger partial charge is 0.104 e. The van der Waals surface area contributed by atoms with Gasteiger partial charge < -0.3 is 10.1 Å². The minimum Gasteiger partial charge on any atom is -0.373 e. The predicted molar refractivity (Wildman–Crippen MR) is 64.2 cm³/mol. The summed E-state index contributed by atoms with van der Waals surface area (Å²) in [5.41, 5.74) is -0.469. The van der Waals surface area contributed by atoms with Gasteiger partial charge in [-0.25, -0.2) is 0 Å². The molecule has 0 radical (unpaired) electrons. The van der Waals surface area contributed by atoms with E-state index in [1.165, 1.54) is 0 Å². The molecular formula is C12H23N3O. The van der Waals surface area contributed by atoms with Crippen molar-refractivity contribution in [3.8, 4) is 6.07 Å². The van der Waals surface area contributed by atoms with E-state index >= 15 is 0 Å². The second-order valence-electron chi connectivity index (χ2n) is 5.33. The van der Waals surface area contributed by atoms with Crippen LogP contribution in [0.1, 0.15) is 27.2 Å². The second kappa shape index (κ2) is 5.13. The summed E-state index contributed by atoms with van der Waals surface area (Å²) in [5, 5.41) is 12.1. The van der Waals surface area contributed by atoms with Crippen molar-refractivity contribution in [3.05, 3.63) is 0 Å². The Morgan fingerprint density at radius 3 is 2.75 bits per heavy atom. The molecule has 0 saturated carbocycles. The van der Waals surface area contributed by atoms with E-state index in [4.69, 9.17) is 10.00 Å². The Balaban J connectivity index is 2.41. The van der Waals surface area contributed by atoms with Crippen LogP contribution in [0.25, 0.3) is 0 Å². The van der Waals surface area contributed by atoms with Crippen LogP contribution in [0.2, 0.25) is 0 Å². The number of morpholine rings is 1. The lowest BCUT2D eigenvalue weighted by Gasteiger charge is -2.39. The fourth-order valence-corrected chi connectivity index (χ4v) is 1.92. The maximum absolute atomic E-state index is 9.06. The number of hydrogen-bond donors (Lipinski definition) is 1. The Morgan fingerprint density at radius 2 is 2.25 bits per heavy atom. The summed E-state index contributed by atoms with van der Waals surface area (Å²) >= 11 is 0. The number of nitrogens with zero attached hydrogens (tertiary/aromatic N) is 2. The van der Waals surface area contributed by atoms with E-state index in [1.807, 2.05) is 14.0 Å². The van der Waals surface area contributed by atoms with E-state index in [9.17, 15) is 0 Å². The minimum atomic E-state index is -0.414. The molecule has 1 unspecified atom stereocenters. The summed E-state index contributed by atoms with van der Waals surface area (Å²) < 4.78 is 5.66. The maximum atomic E-state index is 9.06. The van der Waals surface area contributed by atoms with Gasteiger partial charge in [-0.05, 0) is 34.2 Å². The summed E-state index contributed by atoms with van der Waals surface area (Å²) in [6.45, 7) is 9.81. The average molecular weight is 225 g/mol. The van der Waals surface area contributed by atoms with Gasteiger partial charge in [0.25, 0.3) is 0 Å². The lowest BCUT2D eigenvalue weighted by molar-refractivity contribution is -0.0867. The molecule has 1 aliphatic rings. The molecular weight excluding hydrogens is 202 g/mol. The molecule has 1 saturated heterocycles. The number of hydrogen-bond acceptors (Lipinski definition) is 4. The molecule has 1 rings (SSSR count). The van der Waals surface area contributed by atoms with Gasteiger partial charge in [0.15, 0.2) is 0 Å². The van der Waals surface area contributed by atoms with Gasteiger partial charge in [0.2, 0.25) is 0 Å². The van der Waals surface area contributed by atoms with Crippen LogP contribution in [-0.4, -0.2) is 49.3 Å². The standard InChI is InChI=1S/C12H23N3O/c1-11(2)10-15(7-8-16-11)6-5-12(3,9-13)14-4/h14H,5-8,10H2,1-4H3. The van der Waals surface area contributed by atoms with Gasteiger partial charge in [-0.15, -0.1) is 0 Å². The van der Waals surface area contributed by atoms with Gasteiger partial charge in [-0.1, -0.05) is 0 Å².